The largest absolute Gasteiger partial charge is 0.317 e. The smallest absolute Gasteiger partial charge is 0.236 e. The van der Waals surface area contributed by atoms with Gasteiger partial charge in [0.05, 0.1) is 8.55 Å². The number of carbonyl (C=O) groups is 1. The van der Waals surface area contributed by atoms with E-state index >= 15 is 0 Å². The lowest BCUT2D eigenvalue weighted by Crippen LogP contribution is -2.44. The molecule has 0 atom stereocenters. The summed E-state index contributed by atoms with van der Waals surface area (Å²) >= 11 is 8.67. The molecular formula is C11H15ClN2OS2. The molecule has 94 valence electrons. The molecule has 1 aliphatic heterocycles. The first-order valence-electron chi connectivity index (χ1n) is 5.53. The molecule has 0 spiro atoms. The van der Waals surface area contributed by atoms with Gasteiger partial charge in [0, 0.05) is 5.41 Å². The van der Waals surface area contributed by atoms with Crippen molar-refractivity contribution >= 4 is 40.8 Å². The van der Waals surface area contributed by atoms with Crippen LogP contribution in [0.3, 0.4) is 0 Å². The quantitative estimate of drug-likeness (QED) is 0.841. The Bertz CT molecular complexity index is 402. The molecule has 2 heterocycles. The first-order chi connectivity index (χ1) is 8.10. The minimum atomic E-state index is -0.237. The summed E-state index contributed by atoms with van der Waals surface area (Å²) in [5, 5.41) is 3.27. The van der Waals surface area contributed by atoms with Crippen molar-refractivity contribution in [2.45, 2.75) is 24.0 Å². The van der Waals surface area contributed by atoms with Crippen molar-refractivity contribution in [3.8, 4) is 0 Å². The van der Waals surface area contributed by atoms with E-state index in [9.17, 15) is 4.79 Å². The highest BCUT2D eigenvalue weighted by Gasteiger charge is 2.34. The van der Waals surface area contributed by atoms with Crippen molar-refractivity contribution in [2.24, 2.45) is 5.41 Å². The molecule has 1 saturated heterocycles. The standard InChI is InChI=1S/C11H15ClN2OS2/c1-11(4-6-13-7-5-11)10(15)14-17-9-3-2-8(12)16-9/h2-3,13H,4-7H2,1H3,(H,14,15). The number of amides is 1. The molecule has 0 aromatic carbocycles. The van der Waals surface area contributed by atoms with Crippen LogP contribution in [0.25, 0.3) is 0 Å². The SMILES string of the molecule is CC1(C(=O)NSc2ccc(Cl)s2)CCNCC1. The maximum atomic E-state index is 12.1. The second-order valence-electron chi connectivity index (χ2n) is 4.40. The maximum absolute atomic E-state index is 12.1. The van der Waals surface area contributed by atoms with Crippen molar-refractivity contribution in [3.05, 3.63) is 16.5 Å². The zero-order valence-corrected chi connectivity index (χ0v) is 12.0. The van der Waals surface area contributed by atoms with E-state index in [0.29, 0.717) is 0 Å². The van der Waals surface area contributed by atoms with Crippen molar-refractivity contribution in [1.29, 1.82) is 0 Å². The highest BCUT2D eigenvalue weighted by Crippen LogP contribution is 2.32. The molecular weight excluding hydrogens is 276 g/mol. The Labute approximate surface area is 114 Å². The molecule has 0 aliphatic carbocycles. The third-order valence-corrected chi connectivity index (χ3v) is 5.20. The summed E-state index contributed by atoms with van der Waals surface area (Å²) in [6.45, 7) is 3.87. The molecule has 0 bridgehead atoms. The summed E-state index contributed by atoms with van der Waals surface area (Å²) in [5.41, 5.74) is -0.237. The maximum Gasteiger partial charge on any atom is 0.236 e. The lowest BCUT2D eigenvalue weighted by molar-refractivity contribution is -0.129. The fourth-order valence-corrected chi connectivity index (χ4v) is 3.83. The van der Waals surface area contributed by atoms with Gasteiger partial charge in [-0.15, -0.1) is 11.3 Å². The number of nitrogens with one attached hydrogen (secondary N) is 2. The zero-order valence-electron chi connectivity index (χ0n) is 9.59. The normalized spacial score (nSPS) is 18.9. The van der Waals surface area contributed by atoms with Gasteiger partial charge in [0.2, 0.25) is 5.91 Å². The Hall–Kier alpha value is -0.230. The van der Waals surface area contributed by atoms with Gasteiger partial charge in [0.25, 0.3) is 0 Å². The van der Waals surface area contributed by atoms with Crippen LogP contribution in [0.2, 0.25) is 4.34 Å². The Morgan fingerprint density at radius 2 is 2.24 bits per heavy atom. The topological polar surface area (TPSA) is 41.1 Å². The number of hydrogen-bond donors (Lipinski definition) is 2. The minimum Gasteiger partial charge on any atom is -0.317 e. The molecule has 1 amide bonds. The number of piperidine rings is 1. The summed E-state index contributed by atoms with van der Waals surface area (Å²) in [5.74, 6) is 0.119. The van der Waals surface area contributed by atoms with E-state index < -0.39 is 0 Å². The van der Waals surface area contributed by atoms with E-state index in [1.165, 1.54) is 23.3 Å². The Morgan fingerprint density at radius 1 is 1.53 bits per heavy atom. The van der Waals surface area contributed by atoms with E-state index in [0.717, 1.165) is 34.5 Å². The van der Waals surface area contributed by atoms with Crippen LogP contribution in [-0.4, -0.2) is 19.0 Å². The Kier molecular flexibility index (Phi) is 4.36. The highest BCUT2D eigenvalue weighted by atomic mass is 35.5. The molecule has 0 radical (unpaired) electrons. The molecule has 17 heavy (non-hydrogen) atoms. The Morgan fingerprint density at radius 3 is 2.82 bits per heavy atom. The number of hydrogen-bond acceptors (Lipinski definition) is 4. The number of rotatable bonds is 3. The molecule has 1 fully saturated rings. The third kappa shape index (κ3) is 3.37. The van der Waals surface area contributed by atoms with Crippen LogP contribution < -0.4 is 10.0 Å². The Balaban J connectivity index is 1.88. The molecule has 2 rings (SSSR count). The van der Waals surface area contributed by atoms with E-state index in [1.54, 1.807) is 0 Å². The summed E-state index contributed by atoms with van der Waals surface area (Å²) in [4.78, 5) is 12.1. The van der Waals surface area contributed by atoms with Crippen LogP contribution in [0, 0.1) is 5.41 Å². The molecule has 6 heteroatoms. The van der Waals surface area contributed by atoms with Crippen molar-refractivity contribution in [2.75, 3.05) is 13.1 Å². The van der Waals surface area contributed by atoms with Crippen molar-refractivity contribution < 1.29 is 4.79 Å². The second kappa shape index (κ2) is 5.61. The predicted octanol–water partition coefficient (Wildman–Crippen LogP) is 2.91. The molecule has 2 N–H and O–H groups in total. The summed E-state index contributed by atoms with van der Waals surface area (Å²) in [6.07, 6.45) is 1.79. The zero-order chi connectivity index (χ0) is 12.3. The minimum absolute atomic E-state index is 0.119. The van der Waals surface area contributed by atoms with Gasteiger partial charge in [-0.2, -0.15) is 0 Å². The van der Waals surface area contributed by atoms with Crippen molar-refractivity contribution in [3.63, 3.8) is 0 Å². The molecule has 0 saturated carbocycles. The van der Waals surface area contributed by atoms with Gasteiger partial charge >= 0.3 is 0 Å². The van der Waals surface area contributed by atoms with Crippen molar-refractivity contribution in [1.82, 2.24) is 10.0 Å². The van der Waals surface area contributed by atoms with Crippen LogP contribution in [0.15, 0.2) is 16.3 Å². The number of carbonyl (C=O) groups excluding carboxylic acids is 1. The molecule has 3 nitrogen and oxygen atoms in total. The molecule has 1 aromatic rings. The summed E-state index contributed by atoms with van der Waals surface area (Å²) in [6, 6.07) is 3.76. The first kappa shape index (κ1) is 13.2. The monoisotopic (exact) mass is 290 g/mol. The van der Waals surface area contributed by atoms with E-state index in [2.05, 4.69) is 10.0 Å². The van der Waals surface area contributed by atoms with Crippen LogP contribution in [0.5, 0.6) is 0 Å². The van der Waals surface area contributed by atoms with Crippen LogP contribution in [0.4, 0.5) is 0 Å². The molecule has 1 aromatic heterocycles. The summed E-state index contributed by atoms with van der Waals surface area (Å²) < 4.78 is 4.68. The van der Waals surface area contributed by atoms with Crippen LogP contribution >= 0.6 is 34.9 Å². The molecule has 1 aliphatic rings. The number of thiophene rings is 1. The van der Waals surface area contributed by atoms with Gasteiger partial charge in [-0.05, 0) is 50.0 Å². The number of halogens is 1. The first-order valence-corrected chi connectivity index (χ1v) is 7.55. The van der Waals surface area contributed by atoms with Gasteiger partial charge in [-0.1, -0.05) is 18.5 Å². The average Bonchev–Trinajstić information content (AvgIpc) is 2.73. The van der Waals surface area contributed by atoms with Gasteiger partial charge in [0.15, 0.2) is 0 Å². The van der Waals surface area contributed by atoms with Gasteiger partial charge in [-0.25, -0.2) is 0 Å². The fraction of sp³-hybridized carbons (Fsp3) is 0.545. The fourth-order valence-electron chi connectivity index (χ4n) is 1.78. The molecule has 0 unspecified atom stereocenters. The van der Waals surface area contributed by atoms with Gasteiger partial charge in [0.1, 0.15) is 0 Å². The van der Waals surface area contributed by atoms with E-state index in [-0.39, 0.29) is 11.3 Å². The van der Waals surface area contributed by atoms with Crippen LogP contribution in [0.1, 0.15) is 19.8 Å². The lowest BCUT2D eigenvalue weighted by atomic mass is 9.80. The second-order valence-corrected chi connectivity index (χ2v) is 7.22. The van der Waals surface area contributed by atoms with E-state index in [1.807, 2.05) is 19.1 Å². The highest BCUT2D eigenvalue weighted by molar-refractivity contribution is 7.99. The lowest BCUT2D eigenvalue weighted by Gasteiger charge is -2.32. The van der Waals surface area contributed by atoms with Crippen LogP contribution in [-0.2, 0) is 4.79 Å². The van der Waals surface area contributed by atoms with Gasteiger partial charge in [-0.3, -0.25) is 9.52 Å². The average molecular weight is 291 g/mol. The third-order valence-electron chi connectivity index (χ3n) is 3.05. The summed E-state index contributed by atoms with van der Waals surface area (Å²) in [7, 11) is 0. The predicted molar refractivity (Wildman–Crippen MR) is 73.5 cm³/mol. The van der Waals surface area contributed by atoms with E-state index in [4.69, 9.17) is 11.6 Å². The van der Waals surface area contributed by atoms with Gasteiger partial charge < -0.3 is 5.32 Å².